The second kappa shape index (κ2) is 8.75. The quantitative estimate of drug-likeness (QED) is 0.410. The molecular weight excluding hydrogens is 414 g/mol. The first kappa shape index (κ1) is 19.5. The van der Waals surface area contributed by atoms with Crippen LogP contribution in [0.25, 0.3) is 10.2 Å². The Morgan fingerprint density at radius 3 is 2.60 bits per heavy atom. The maximum absolute atomic E-state index is 5.53. The summed E-state index contributed by atoms with van der Waals surface area (Å²) in [6, 6.07) is 18.8. The van der Waals surface area contributed by atoms with E-state index in [9.17, 15) is 0 Å². The monoisotopic (exact) mass is 437 g/mol. The summed E-state index contributed by atoms with van der Waals surface area (Å²) in [7, 11) is 0. The van der Waals surface area contributed by atoms with Crippen LogP contribution in [0.15, 0.2) is 59.8 Å². The van der Waals surface area contributed by atoms with Gasteiger partial charge in [0.1, 0.15) is 5.01 Å². The number of rotatable bonds is 6. The summed E-state index contributed by atoms with van der Waals surface area (Å²) in [5, 5.41) is 11.4. The van der Waals surface area contributed by atoms with Crippen LogP contribution in [-0.2, 0) is 11.3 Å². The number of para-hydroxylation sites is 1. The predicted octanol–water partition coefficient (Wildman–Crippen LogP) is 4.63. The molecule has 0 saturated carbocycles. The van der Waals surface area contributed by atoms with Crippen LogP contribution in [0, 0.1) is 0 Å². The number of aromatic nitrogens is 4. The van der Waals surface area contributed by atoms with Gasteiger partial charge in [-0.2, -0.15) is 0 Å². The van der Waals surface area contributed by atoms with Gasteiger partial charge in [0.15, 0.2) is 5.16 Å². The van der Waals surface area contributed by atoms with Crippen molar-refractivity contribution < 1.29 is 4.74 Å². The average Bonchev–Trinajstić information content (AvgIpc) is 3.40. The summed E-state index contributed by atoms with van der Waals surface area (Å²) in [6.45, 7) is 6.06. The molecule has 0 aliphatic carbocycles. The maximum atomic E-state index is 5.53. The number of fused-ring (bicyclic) bond motifs is 1. The van der Waals surface area contributed by atoms with E-state index in [2.05, 4.69) is 69.1 Å². The first-order chi connectivity index (χ1) is 14.8. The van der Waals surface area contributed by atoms with E-state index in [1.807, 2.05) is 12.1 Å². The first-order valence-corrected chi connectivity index (χ1v) is 11.8. The minimum atomic E-state index is 0.193. The molecule has 1 unspecified atom stereocenters. The molecule has 1 atom stereocenters. The van der Waals surface area contributed by atoms with E-state index in [0.29, 0.717) is 0 Å². The van der Waals surface area contributed by atoms with Gasteiger partial charge in [0.05, 0.1) is 35.2 Å². The largest absolute Gasteiger partial charge is 0.378 e. The molecule has 0 radical (unpaired) electrons. The van der Waals surface area contributed by atoms with E-state index >= 15 is 0 Å². The minimum Gasteiger partial charge on any atom is -0.378 e. The third-order valence-corrected chi connectivity index (χ3v) is 7.57. The van der Waals surface area contributed by atoms with E-state index < -0.39 is 0 Å². The number of hydrogen-bond donors (Lipinski definition) is 0. The second-order valence-corrected chi connectivity index (χ2v) is 9.60. The number of hydrogen-bond acceptors (Lipinski definition) is 7. The van der Waals surface area contributed by atoms with Gasteiger partial charge in [-0.15, -0.1) is 21.5 Å². The minimum absolute atomic E-state index is 0.193. The first-order valence-electron chi connectivity index (χ1n) is 10.1. The average molecular weight is 438 g/mol. The number of thioether (sulfide) groups is 1. The molecule has 2 aromatic heterocycles. The van der Waals surface area contributed by atoms with Gasteiger partial charge in [0.25, 0.3) is 0 Å². The Balaban J connectivity index is 1.45. The van der Waals surface area contributed by atoms with Crippen molar-refractivity contribution in [2.24, 2.45) is 0 Å². The Morgan fingerprint density at radius 2 is 1.80 bits per heavy atom. The summed E-state index contributed by atoms with van der Waals surface area (Å²) in [5.41, 5.74) is 2.30. The topological polar surface area (TPSA) is 56.1 Å². The number of benzene rings is 2. The zero-order chi connectivity index (χ0) is 20.3. The van der Waals surface area contributed by atoms with Crippen molar-refractivity contribution in [3.63, 3.8) is 0 Å². The maximum Gasteiger partial charge on any atom is 0.228 e. The molecule has 0 amide bonds. The molecule has 8 heteroatoms. The fourth-order valence-corrected chi connectivity index (χ4v) is 5.56. The van der Waals surface area contributed by atoms with Crippen molar-refractivity contribution in [3.8, 4) is 0 Å². The lowest BCUT2D eigenvalue weighted by Gasteiger charge is -2.28. The lowest BCUT2D eigenvalue weighted by molar-refractivity contribution is 0.121. The molecule has 1 aliphatic rings. The highest BCUT2D eigenvalue weighted by molar-refractivity contribution is 7.99. The lowest BCUT2D eigenvalue weighted by Crippen LogP contribution is -2.38. The molecule has 30 heavy (non-hydrogen) atoms. The highest BCUT2D eigenvalue weighted by Gasteiger charge is 2.23. The van der Waals surface area contributed by atoms with Crippen LogP contribution < -0.4 is 4.90 Å². The Bertz CT molecular complexity index is 1090. The number of thiazole rings is 1. The fraction of sp³-hybridized carbons (Fsp3) is 0.318. The van der Waals surface area contributed by atoms with Crippen LogP contribution in [0.5, 0.6) is 0 Å². The van der Waals surface area contributed by atoms with Crippen molar-refractivity contribution in [2.45, 2.75) is 23.9 Å². The molecule has 0 bridgehead atoms. The van der Waals surface area contributed by atoms with Gasteiger partial charge in [-0.25, -0.2) is 4.98 Å². The van der Waals surface area contributed by atoms with Crippen molar-refractivity contribution in [1.29, 1.82) is 0 Å². The van der Waals surface area contributed by atoms with Crippen LogP contribution >= 0.6 is 23.1 Å². The summed E-state index contributed by atoms with van der Waals surface area (Å²) in [4.78, 5) is 7.10. The molecule has 3 heterocycles. The van der Waals surface area contributed by atoms with E-state index in [0.717, 1.165) is 54.5 Å². The molecule has 6 nitrogen and oxygen atoms in total. The normalized spacial score (nSPS) is 15.6. The summed E-state index contributed by atoms with van der Waals surface area (Å²) >= 11 is 3.47. The SMILES string of the molecule is CC(Sc1nnc(N2CCOCC2)n1Cc1ccccc1)c1nc2ccccc2s1. The molecule has 2 aromatic carbocycles. The van der Waals surface area contributed by atoms with Crippen LogP contribution in [0.4, 0.5) is 5.95 Å². The van der Waals surface area contributed by atoms with Crippen molar-refractivity contribution in [1.82, 2.24) is 19.7 Å². The molecule has 4 aromatic rings. The fourth-order valence-electron chi connectivity index (χ4n) is 3.54. The molecular formula is C22H23N5OS2. The summed E-state index contributed by atoms with van der Waals surface area (Å²) in [5.74, 6) is 0.918. The molecule has 1 fully saturated rings. The van der Waals surface area contributed by atoms with Crippen LogP contribution in [0.1, 0.15) is 22.7 Å². The van der Waals surface area contributed by atoms with Gasteiger partial charge in [-0.05, 0) is 24.6 Å². The smallest absolute Gasteiger partial charge is 0.228 e. The van der Waals surface area contributed by atoms with Crippen molar-refractivity contribution >= 4 is 39.3 Å². The van der Waals surface area contributed by atoms with Gasteiger partial charge in [0, 0.05) is 13.1 Å². The van der Waals surface area contributed by atoms with E-state index in [-0.39, 0.29) is 5.25 Å². The third-order valence-electron chi connectivity index (χ3n) is 5.12. The number of anilines is 1. The predicted molar refractivity (Wildman–Crippen MR) is 122 cm³/mol. The zero-order valence-corrected chi connectivity index (χ0v) is 18.4. The molecule has 1 aliphatic heterocycles. The van der Waals surface area contributed by atoms with Crippen molar-refractivity contribution in [3.05, 3.63) is 65.2 Å². The van der Waals surface area contributed by atoms with Crippen LogP contribution in [0.2, 0.25) is 0 Å². The van der Waals surface area contributed by atoms with Crippen LogP contribution in [0.3, 0.4) is 0 Å². The van der Waals surface area contributed by atoms with E-state index in [4.69, 9.17) is 9.72 Å². The van der Waals surface area contributed by atoms with Gasteiger partial charge in [0.2, 0.25) is 5.95 Å². The lowest BCUT2D eigenvalue weighted by atomic mass is 10.2. The Morgan fingerprint density at radius 1 is 1.03 bits per heavy atom. The molecule has 0 N–H and O–H groups in total. The molecule has 5 rings (SSSR count). The van der Waals surface area contributed by atoms with E-state index in [1.54, 1.807) is 23.1 Å². The summed E-state index contributed by atoms with van der Waals surface area (Å²) < 4.78 is 8.98. The van der Waals surface area contributed by atoms with Gasteiger partial charge in [-0.3, -0.25) is 4.57 Å². The number of nitrogens with zero attached hydrogens (tertiary/aromatic N) is 5. The molecule has 0 spiro atoms. The molecule has 1 saturated heterocycles. The van der Waals surface area contributed by atoms with Gasteiger partial charge in [-0.1, -0.05) is 54.2 Å². The molecule has 154 valence electrons. The van der Waals surface area contributed by atoms with E-state index in [1.165, 1.54) is 10.3 Å². The highest BCUT2D eigenvalue weighted by Crippen LogP contribution is 2.38. The van der Waals surface area contributed by atoms with Crippen LogP contribution in [-0.4, -0.2) is 46.1 Å². The number of morpholine rings is 1. The standard InChI is InChI=1S/C22H23N5OS2/c1-16(20-23-18-9-5-6-10-19(18)30-20)29-22-25-24-21(26-11-13-28-14-12-26)27(22)15-17-7-3-2-4-8-17/h2-10,16H,11-15H2,1H3. The van der Waals surface area contributed by atoms with Gasteiger partial charge < -0.3 is 9.64 Å². The highest BCUT2D eigenvalue weighted by atomic mass is 32.2. The Labute approximate surface area is 183 Å². The Hall–Kier alpha value is -2.42. The van der Waals surface area contributed by atoms with Gasteiger partial charge >= 0.3 is 0 Å². The Kier molecular flexibility index (Phi) is 5.70. The number of ether oxygens (including phenoxy) is 1. The zero-order valence-electron chi connectivity index (χ0n) is 16.8. The third kappa shape index (κ3) is 4.08. The summed E-state index contributed by atoms with van der Waals surface area (Å²) in [6.07, 6.45) is 0. The van der Waals surface area contributed by atoms with Crippen molar-refractivity contribution in [2.75, 3.05) is 31.2 Å². The second-order valence-electron chi connectivity index (χ2n) is 7.23.